The van der Waals surface area contributed by atoms with E-state index in [4.69, 9.17) is 0 Å². The van der Waals surface area contributed by atoms with Crippen LogP contribution in [0.15, 0.2) is 12.1 Å². The van der Waals surface area contributed by atoms with Crippen LogP contribution in [0, 0.1) is 19.3 Å². The van der Waals surface area contributed by atoms with E-state index in [1.165, 1.54) is 5.56 Å². The number of amides is 1. The number of fused-ring (bicyclic) bond motifs is 1. The van der Waals surface area contributed by atoms with E-state index in [0.29, 0.717) is 6.54 Å². The summed E-state index contributed by atoms with van der Waals surface area (Å²) < 4.78 is 0. The van der Waals surface area contributed by atoms with Crippen molar-refractivity contribution < 1.29 is 4.79 Å². The number of hydrogen-bond acceptors (Lipinski definition) is 2. The maximum absolute atomic E-state index is 12.0. The van der Waals surface area contributed by atoms with Crippen LogP contribution in [0.2, 0.25) is 0 Å². The van der Waals surface area contributed by atoms with Crippen LogP contribution in [-0.2, 0) is 4.79 Å². The smallest absolute Gasteiger partial charge is 0.231 e. The van der Waals surface area contributed by atoms with Gasteiger partial charge in [-0.05, 0) is 44.9 Å². The van der Waals surface area contributed by atoms with Crippen molar-refractivity contribution in [1.29, 1.82) is 0 Å². The first-order valence-electron chi connectivity index (χ1n) is 5.57. The average molecular weight is 218 g/mol. The van der Waals surface area contributed by atoms with Gasteiger partial charge in [-0.2, -0.15) is 0 Å². The summed E-state index contributed by atoms with van der Waals surface area (Å²) in [6, 6.07) is 4.16. The van der Waals surface area contributed by atoms with Crippen LogP contribution in [-0.4, -0.2) is 12.5 Å². The van der Waals surface area contributed by atoms with Gasteiger partial charge in [-0.15, -0.1) is 0 Å². The molecule has 0 spiro atoms. The predicted molar refractivity (Wildman–Crippen MR) is 66.8 cm³/mol. The molecule has 0 fully saturated rings. The molecule has 86 valence electrons. The molecule has 1 aromatic rings. The van der Waals surface area contributed by atoms with Gasteiger partial charge in [0, 0.05) is 6.54 Å². The highest BCUT2D eigenvalue weighted by molar-refractivity contribution is 6.00. The van der Waals surface area contributed by atoms with Gasteiger partial charge in [-0.25, -0.2) is 0 Å². The zero-order valence-corrected chi connectivity index (χ0v) is 10.3. The first kappa shape index (κ1) is 11.0. The van der Waals surface area contributed by atoms with E-state index in [2.05, 4.69) is 29.7 Å². The van der Waals surface area contributed by atoms with Crippen molar-refractivity contribution in [2.45, 2.75) is 27.7 Å². The Morgan fingerprint density at radius 2 is 1.94 bits per heavy atom. The zero-order valence-electron chi connectivity index (χ0n) is 10.3. The molecule has 0 aliphatic carbocycles. The number of rotatable bonds is 0. The van der Waals surface area contributed by atoms with Gasteiger partial charge in [0.25, 0.3) is 0 Å². The molecule has 1 aromatic carbocycles. The Labute approximate surface area is 96.2 Å². The molecule has 3 nitrogen and oxygen atoms in total. The molecule has 2 N–H and O–H groups in total. The Balaban J connectivity index is 2.49. The first-order chi connectivity index (χ1) is 7.40. The summed E-state index contributed by atoms with van der Waals surface area (Å²) >= 11 is 0. The van der Waals surface area contributed by atoms with Gasteiger partial charge in [0.2, 0.25) is 5.91 Å². The third-order valence-electron chi connectivity index (χ3n) is 3.05. The Kier molecular flexibility index (Phi) is 2.41. The fourth-order valence-electron chi connectivity index (χ4n) is 1.95. The number of carbonyl (C=O) groups is 1. The van der Waals surface area contributed by atoms with Crippen LogP contribution in [0.4, 0.5) is 11.4 Å². The van der Waals surface area contributed by atoms with Crippen LogP contribution >= 0.6 is 0 Å². The lowest BCUT2D eigenvalue weighted by Gasteiger charge is -2.19. The highest BCUT2D eigenvalue weighted by Crippen LogP contribution is 2.33. The number of anilines is 2. The highest BCUT2D eigenvalue weighted by atomic mass is 16.2. The molecule has 1 heterocycles. The minimum Gasteiger partial charge on any atom is -0.382 e. The van der Waals surface area contributed by atoms with Gasteiger partial charge in [0.15, 0.2) is 0 Å². The lowest BCUT2D eigenvalue weighted by Crippen LogP contribution is -2.34. The SMILES string of the molecule is Cc1cc(C)c2c(c1)NCC(C)(C)C(=O)N2. The molecule has 0 unspecified atom stereocenters. The third kappa shape index (κ3) is 1.77. The molecule has 0 radical (unpaired) electrons. The Bertz CT molecular complexity index is 449. The van der Waals surface area contributed by atoms with Crippen LogP contribution < -0.4 is 10.6 Å². The van der Waals surface area contributed by atoms with Gasteiger partial charge in [0.1, 0.15) is 0 Å². The summed E-state index contributed by atoms with van der Waals surface area (Å²) in [6.45, 7) is 8.64. The van der Waals surface area contributed by atoms with E-state index in [9.17, 15) is 4.79 Å². The van der Waals surface area contributed by atoms with Gasteiger partial charge in [0.05, 0.1) is 16.8 Å². The van der Waals surface area contributed by atoms with E-state index in [0.717, 1.165) is 16.9 Å². The quantitative estimate of drug-likeness (QED) is 0.703. The van der Waals surface area contributed by atoms with Crippen molar-refractivity contribution in [2.75, 3.05) is 17.2 Å². The van der Waals surface area contributed by atoms with Crippen molar-refractivity contribution in [3.05, 3.63) is 23.3 Å². The highest BCUT2D eigenvalue weighted by Gasteiger charge is 2.31. The monoisotopic (exact) mass is 218 g/mol. The zero-order chi connectivity index (χ0) is 11.9. The Morgan fingerprint density at radius 1 is 1.25 bits per heavy atom. The number of benzene rings is 1. The minimum absolute atomic E-state index is 0.0747. The van der Waals surface area contributed by atoms with Crippen LogP contribution in [0.1, 0.15) is 25.0 Å². The molecule has 2 rings (SSSR count). The Morgan fingerprint density at radius 3 is 2.62 bits per heavy atom. The molecule has 0 aromatic heterocycles. The van der Waals surface area contributed by atoms with Crippen molar-refractivity contribution in [1.82, 2.24) is 0 Å². The van der Waals surface area contributed by atoms with Crippen LogP contribution in [0.25, 0.3) is 0 Å². The third-order valence-corrected chi connectivity index (χ3v) is 3.05. The summed E-state index contributed by atoms with van der Waals surface area (Å²) in [4.78, 5) is 12.0. The van der Waals surface area contributed by atoms with Crippen molar-refractivity contribution in [3.63, 3.8) is 0 Å². The second-order valence-electron chi connectivity index (χ2n) is 5.20. The van der Waals surface area contributed by atoms with E-state index in [-0.39, 0.29) is 11.3 Å². The molecule has 16 heavy (non-hydrogen) atoms. The molecule has 1 aliphatic rings. The topological polar surface area (TPSA) is 41.1 Å². The van der Waals surface area contributed by atoms with E-state index >= 15 is 0 Å². The van der Waals surface area contributed by atoms with Crippen molar-refractivity contribution in [3.8, 4) is 0 Å². The molecule has 1 aliphatic heterocycles. The fraction of sp³-hybridized carbons (Fsp3) is 0.462. The Hall–Kier alpha value is -1.51. The summed E-state index contributed by atoms with van der Waals surface area (Å²) in [7, 11) is 0. The summed E-state index contributed by atoms with van der Waals surface area (Å²) in [6.07, 6.45) is 0. The van der Waals surface area contributed by atoms with E-state index < -0.39 is 0 Å². The summed E-state index contributed by atoms with van der Waals surface area (Å²) in [5.41, 5.74) is 3.88. The van der Waals surface area contributed by atoms with Gasteiger partial charge >= 0.3 is 0 Å². The molecule has 3 heteroatoms. The average Bonchev–Trinajstić information content (AvgIpc) is 2.28. The standard InChI is InChI=1S/C13H18N2O/c1-8-5-9(2)11-10(6-8)14-7-13(3,4)12(16)15-11/h5-6,14H,7H2,1-4H3,(H,15,16). The van der Waals surface area contributed by atoms with Crippen LogP contribution in [0.3, 0.4) is 0 Å². The number of aryl methyl sites for hydroxylation is 2. The first-order valence-corrected chi connectivity index (χ1v) is 5.57. The van der Waals surface area contributed by atoms with E-state index in [1.54, 1.807) is 0 Å². The lowest BCUT2D eigenvalue weighted by molar-refractivity contribution is -0.123. The molecule has 0 saturated carbocycles. The second kappa shape index (κ2) is 3.51. The van der Waals surface area contributed by atoms with Crippen LogP contribution in [0.5, 0.6) is 0 Å². The van der Waals surface area contributed by atoms with Gasteiger partial charge < -0.3 is 10.6 Å². The molecule has 0 bridgehead atoms. The molecule has 0 atom stereocenters. The van der Waals surface area contributed by atoms with Gasteiger partial charge in [-0.1, -0.05) is 6.07 Å². The van der Waals surface area contributed by atoms with Crippen molar-refractivity contribution in [2.24, 2.45) is 5.41 Å². The van der Waals surface area contributed by atoms with Gasteiger partial charge in [-0.3, -0.25) is 4.79 Å². The summed E-state index contributed by atoms with van der Waals surface area (Å²) in [5, 5.41) is 6.35. The molecule has 0 saturated heterocycles. The number of carbonyl (C=O) groups excluding carboxylic acids is 1. The largest absolute Gasteiger partial charge is 0.382 e. The van der Waals surface area contributed by atoms with E-state index in [1.807, 2.05) is 20.8 Å². The molecular formula is C13H18N2O. The fourth-order valence-corrected chi connectivity index (χ4v) is 1.95. The normalized spacial score (nSPS) is 18.1. The molecule has 1 amide bonds. The second-order valence-corrected chi connectivity index (χ2v) is 5.20. The number of hydrogen-bond donors (Lipinski definition) is 2. The van der Waals surface area contributed by atoms with Crippen molar-refractivity contribution >= 4 is 17.3 Å². The lowest BCUT2D eigenvalue weighted by atomic mass is 9.93. The summed E-state index contributed by atoms with van der Waals surface area (Å²) in [5.74, 6) is 0.0747. The minimum atomic E-state index is -0.376. The molecular weight excluding hydrogens is 200 g/mol. The predicted octanol–water partition coefficient (Wildman–Crippen LogP) is 2.69. The number of nitrogens with one attached hydrogen (secondary N) is 2. The maximum atomic E-state index is 12.0. The maximum Gasteiger partial charge on any atom is 0.231 e.